The number of aryl methyl sites for hydroxylation is 3. The number of sulfone groups is 2. The summed E-state index contributed by atoms with van der Waals surface area (Å²) in [6, 6.07) is 21.4. The number of aromatic nitrogens is 4. The molecule has 2 aromatic carbocycles. The van der Waals surface area contributed by atoms with Crippen LogP contribution in [-0.2, 0) is 41.4 Å². The summed E-state index contributed by atoms with van der Waals surface area (Å²) in [5, 5.41) is 1.87. The van der Waals surface area contributed by atoms with E-state index in [1.54, 1.807) is 42.6 Å². The molecule has 0 N–H and O–H groups in total. The molecule has 0 atom stereocenters. The highest BCUT2D eigenvalue weighted by molar-refractivity contribution is 7.91. The molecule has 0 saturated heterocycles. The highest BCUT2D eigenvalue weighted by atomic mass is 35.5. The lowest BCUT2D eigenvalue weighted by Gasteiger charge is -2.10. The molecule has 0 bridgehead atoms. The van der Waals surface area contributed by atoms with Gasteiger partial charge in [0.1, 0.15) is 0 Å². The maximum absolute atomic E-state index is 12.2. The van der Waals surface area contributed by atoms with Crippen molar-refractivity contribution >= 4 is 65.0 Å². The molecule has 54 heavy (non-hydrogen) atoms. The molecular weight excluding hydrogens is 752 g/mol. The third-order valence-corrected chi connectivity index (χ3v) is 10.2. The summed E-state index contributed by atoms with van der Waals surface area (Å²) < 4.78 is 56.9. The minimum absolute atomic E-state index is 0.0270. The maximum Gasteiger partial charge on any atom is 0.337 e. The second kappa shape index (κ2) is 17.7. The highest BCUT2D eigenvalue weighted by Crippen LogP contribution is 2.25. The zero-order valence-corrected chi connectivity index (χ0v) is 33.1. The summed E-state index contributed by atoms with van der Waals surface area (Å²) in [4.78, 5) is 39.3. The lowest BCUT2D eigenvalue weighted by atomic mass is 10.1. The molecule has 0 aliphatic carbocycles. The number of hydrogen-bond acceptors (Lipinski definition) is 12. The van der Waals surface area contributed by atoms with Crippen LogP contribution in [0.2, 0.25) is 0 Å². The van der Waals surface area contributed by atoms with E-state index in [0.717, 1.165) is 40.1 Å². The van der Waals surface area contributed by atoms with Crippen LogP contribution in [0.3, 0.4) is 0 Å². The van der Waals surface area contributed by atoms with Crippen LogP contribution in [0.25, 0.3) is 21.8 Å². The Bertz CT molecular complexity index is 2580. The van der Waals surface area contributed by atoms with Crippen molar-refractivity contribution in [3.63, 3.8) is 0 Å². The number of alkyl halides is 1. The molecule has 6 rings (SSSR count). The first-order chi connectivity index (χ1) is 25.4. The summed E-state index contributed by atoms with van der Waals surface area (Å²) in [5.74, 6) is -0.654. The van der Waals surface area contributed by atoms with Crippen molar-refractivity contribution in [3.8, 4) is 0 Å². The average Bonchev–Trinajstić information content (AvgIpc) is 3.13. The van der Waals surface area contributed by atoms with Crippen molar-refractivity contribution in [3.05, 3.63) is 130 Å². The molecule has 15 heteroatoms. The fourth-order valence-corrected chi connectivity index (χ4v) is 7.34. The molecule has 0 unspecified atom stereocenters. The second-order valence-corrected chi connectivity index (χ2v) is 16.5. The number of pyridine rings is 4. The summed E-state index contributed by atoms with van der Waals surface area (Å²) in [6.45, 7) is 5.77. The zero-order chi connectivity index (χ0) is 39.8. The number of methoxy groups -OCH3 is 2. The number of halogens is 1. The average molecular weight is 791 g/mol. The lowest BCUT2D eigenvalue weighted by molar-refractivity contribution is 0.0591. The lowest BCUT2D eigenvalue weighted by Crippen LogP contribution is -2.08. The molecule has 0 aliphatic rings. The Morgan fingerprint density at radius 2 is 1.09 bits per heavy atom. The maximum atomic E-state index is 12.2. The predicted molar refractivity (Wildman–Crippen MR) is 207 cm³/mol. The van der Waals surface area contributed by atoms with E-state index >= 15 is 0 Å². The largest absolute Gasteiger partial charge is 0.465 e. The van der Waals surface area contributed by atoms with Gasteiger partial charge in [-0.05, 0) is 87.0 Å². The van der Waals surface area contributed by atoms with E-state index in [1.165, 1.54) is 20.4 Å². The van der Waals surface area contributed by atoms with Gasteiger partial charge >= 0.3 is 11.9 Å². The standard InChI is InChI=1S/C19H18N2O4S.C12H12ClNO2S.C8H9NO2/c1-12-4-5-17-14(8-12)9-15(18(21-17)26(3,23)24)11-16-10-13(6-7-20-16)19(22)25-2;1-8-3-4-11-9(5-8)6-10(7-13)12(14-11)17(2,15)16;1-6-5-7(3-4-9-6)8(10)11-2/h4-10H,11H2,1-3H3;3-6H,7H2,1-2H3;3-5H,1-2H3. The Labute approximate surface area is 319 Å². The number of carbonyl (C=O) groups is 2. The minimum Gasteiger partial charge on any atom is -0.465 e. The monoisotopic (exact) mass is 790 g/mol. The van der Waals surface area contributed by atoms with E-state index in [2.05, 4.69) is 24.7 Å². The number of rotatable bonds is 7. The fourth-order valence-electron chi connectivity index (χ4n) is 5.31. The van der Waals surface area contributed by atoms with Crippen LogP contribution in [0.15, 0.2) is 95.2 Å². The van der Waals surface area contributed by atoms with E-state index in [9.17, 15) is 26.4 Å². The number of benzene rings is 2. The van der Waals surface area contributed by atoms with Gasteiger partial charge in [0.05, 0.1) is 42.3 Å². The van der Waals surface area contributed by atoms with Crippen LogP contribution < -0.4 is 0 Å². The Morgan fingerprint density at radius 3 is 1.56 bits per heavy atom. The number of carbonyl (C=O) groups excluding carboxylic acids is 2. The Hall–Kier alpha value is -5.31. The number of fused-ring (bicyclic) bond motifs is 2. The quantitative estimate of drug-likeness (QED) is 0.126. The van der Waals surface area contributed by atoms with Gasteiger partial charge in [-0.2, -0.15) is 0 Å². The zero-order valence-electron chi connectivity index (χ0n) is 30.7. The van der Waals surface area contributed by atoms with Crippen molar-refractivity contribution in [1.82, 2.24) is 19.9 Å². The van der Waals surface area contributed by atoms with Gasteiger partial charge in [0, 0.05) is 59.0 Å². The Morgan fingerprint density at radius 1 is 0.630 bits per heavy atom. The van der Waals surface area contributed by atoms with Crippen LogP contribution in [0, 0.1) is 20.8 Å². The van der Waals surface area contributed by atoms with Gasteiger partial charge < -0.3 is 9.47 Å². The molecule has 0 aliphatic heterocycles. The molecule has 282 valence electrons. The fraction of sp³-hybridized carbons (Fsp3) is 0.231. The van der Waals surface area contributed by atoms with Gasteiger partial charge in [-0.15, -0.1) is 11.6 Å². The molecule has 0 spiro atoms. The number of ether oxygens (including phenoxy) is 2. The van der Waals surface area contributed by atoms with Crippen LogP contribution >= 0.6 is 11.6 Å². The van der Waals surface area contributed by atoms with Gasteiger partial charge in [-0.1, -0.05) is 23.3 Å². The first kappa shape index (κ1) is 41.4. The van der Waals surface area contributed by atoms with E-state index in [1.807, 2.05) is 57.2 Å². The van der Waals surface area contributed by atoms with Crippen LogP contribution in [-0.4, -0.2) is 75.4 Å². The Balaban J connectivity index is 0.000000199. The second-order valence-electron chi connectivity index (χ2n) is 12.4. The van der Waals surface area contributed by atoms with Gasteiger partial charge in [0.2, 0.25) is 0 Å². The van der Waals surface area contributed by atoms with Crippen LogP contribution in [0.5, 0.6) is 0 Å². The van der Waals surface area contributed by atoms with E-state index in [0.29, 0.717) is 39.0 Å². The smallest absolute Gasteiger partial charge is 0.337 e. The van der Waals surface area contributed by atoms with Gasteiger partial charge in [-0.3, -0.25) is 9.97 Å². The molecule has 12 nitrogen and oxygen atoms in total. The number of nitrogens with zero attached hydrogens (tertiary/aromatic N) is 4. The molecule has 0 radical (unpaired) electrons. The number of hydrogen-bond donors (Lipinski definition) is 0. The summed E-state index contributed by atoms with van der Waals surface area (Å²) in [5.41, 5.74) is 6.82. The van der Waals surface area contributed by atoms with Crippen LogP contribution in [0.4, 0.5) is 0 Å². The molecule has 4 aromatic heterocycles. The highest BCUT2D eigenvalue weighted by Gasteiger charge is 2.19. The molecule has 0 fully saturated rings. The van der Waals surface area contributed by atoms with E-state index < -0.39 is 25.6 Å². The first-order valence-electron chi connectivity index (χ1n) is 16.2. The van der Waals surface area contributed by atoms with E-state index in [4.69, 9.17) is 16.3 Å². The van der Waals surface area contributed by atoms with Gasteiger partial charge in [0.15, 0.2) is 29.7 Å². The molecule has 0 amide bonds. The van der Waals surface area contributed by atoms with Gasteiger partial charge in [0.25, 0.3) is 0 Å². The van der Waals surface area contributed by atoms with Crippen molar-refractivity contribution < 1.29 is 35.9 Å². The third-order valence-electron chi connectivity index (χ3n) is 7.79. The third kappa shape index (κ3) is 10.9. The molecule has 6 aromatic rings. The topological polar surface area (TPSA) is 172 Å². The Kier molecular flexibility index (Phi) is 13.6. The van der Waals surface area contributed by atoms with Crippen LogP contribution in [0.1, 0.15) is 54.4 Å². The van der Waals surface area contributed by atoms with Crippen molar-refractivity contribution in [2.75, 3.05) is 26.7 Å². The summed E-state index contributed by atoms with van der Waals surface area (Å²) in [6.07, 6.45) is 5.61. The number of esters is 2. The summed E-state index contributed by atoms with van der Waals surface area (Å²) >= 11 is 5.77. The SMILES string of the molecule is COC(=O)c1ccnc(C)c1.COC(=O)c1ccnc(Cc2cc3cc(C)ccc3nc2S(C)(=O)=O)c1.Cc1ccc2nc(S(C)(=O)=O)c(CCl)cc2c1. The van der Waals surface area contributed by atoms with Gasteiger partial charge in [-0.25, -0.2) is 36.4 Å². The molecular formula is C39H39ClN4O8S2. The normalized spacial score (nSPS) is 11.2. The minimum atomic E-state index is -3.52. The summed E-state index contributed by atoms with van der Waals surface area (Å²) in [7, 11) is -4.19. The first-order valence-corrected chi connectivity index (χ1v) is 20.6. The van der Waals surface area contributed by atoms with E-state index in [-0.39, 0.29) is 28.3 Å². The van der Waals surface area contributed by atoms with Crippen molar-refractivity contribution in [1.29, 1.82) is 0 Å². The van der Waals surface area contributed by atoms with Crippen molar-refractivity contribution in [2.24, 2.45) is 0 Å². The molecule has 0 saturated carbocycles. The molecule has 4 heterocycles. The van der Waals surface area contributed by atoms with Crippen molar-refractivity contribution in [2.45, 2.75) is 43.1 Å². The predicted octanol–water partition coefficient (Wildman–Crippen LogP) is 6.58.